The Morgan fingerprint density at radius 2 is 2.40 bits per heavy atom. The Bertz CT molecular complexity index is 211. The Kier molecular flexibility index (Phi) is 1.96. The summed E-state index contributed by atoms with van der Waals surface area (Å²) in [4.78, 5) is 0. The first-order valence-corrected chi connectivity index (χ1v) is 2.67. The summed E-state index contributed by atoms with van der Waals surface area (Å²) in [5.41, 5.74) is -0.0284. The van der Waals surface area contributed by atoms with Crippen LogP contribution in [0, 0.1) is 0 Å². The Hall–Kier alpha value is -0.970. The number of alkyl halides is 2. The topological polar surface area (TPSA) is 48.9 Å². The van der Waals surface area contributed by atoms with Gasteiger partial charge in [-0.15, -0.1) is 0 Å². The molecule has 0 aliphatic rings. The molecular weight excluding hydrogens is 142 g/mol. The van der Waals surface area contributed by atoms with Gasteiger partial charge in [0.05, 0.1) is 12.3 Å². The van der Waals surface area contributed by atoms with E-state index in [1.807, 2.05) is 0 Å². The molecule has 2 N–H and O–H groups in total. The Balaban J connectivity index is 2.78. The number of hydrogen-bond donors (Lipinski definition) is 2. The summed E-state index contributed by atoms with van der Waals surface area (Å²) < 4.78 is 23.5. The van der Waals surface area contributed by atoms with Crippen LogP contribution in [0.15, 0.2) is 6.07 Å². The summed E-state index contributed by atoms with van der Waals surface area (Å²) in [6.07, 6.45) is -2.57. The van der Waals surface area contributed by atoms with Crippen LogP contribution in [0.4, 0.5) is 8.78 Å². The maximum absolute atomic E-state index is 11.8. The molecule has 0 aliphatic heterocycles. The highest BCUT2D eigenvalue weighted by molar-refractivity contribution is 5.08. The van der Waals surface area contributed by atoms with Gasteiger partial charge in [-0.1, -0.05) is 0 Å². The molecule has 3 nitrogen and oxygen atoms in total. The molecule has 0 aliphatic carbocycles. The molecule has 0 amide bonds. The van der Waals surface area contributed by atoms with Gasteiger partial charge in [0.1, 0.15) is 5.69 Å². The van der Waals surface area contributed by atoms with E-state index in [2.05, 4.69) is 10.2 Å². The van der Waals surface area contributed by atoms with Crippen molar-refractivity contribution >= 4 is 0 Å². The number of aliphatic hydroxyl groups is 1. The predicted molar refractivity (Wildman–Crippen MR) is 29.5 cm³/mol. The van der Waals surface area contributed by atoms with Gasteiger partial charge in [-0.2, -0.15) is 5.10 Å². The van der Waals surface area contributed by atoms with Crippen LogP contribution in [0.3, 0.4) is 0 Å². The highest BCUT2D eigenvalue weighted by Crippen LogP contribution is 2.15. The fourth-order valence-corrected chi connectivity index (χ4v) is 0.572. The molecule has 10 heavy (non-hydrogen) atoms. The molecule has 1 rings (SSSR count). The van der Waals surface area contributed by atoms with Gasteiger partial charge in [0.15, 0.2) is 0 Å². The van der Waals surface area contributed by atoms with Gasteiger partial charge in [0.2, 0.25) is 0 Å². The first-order valence-electron chi connectivity index (χ1n) is 2.67. The Morgan fingerprint density at radius 3 is 2.70 bits per heavy atom. The molecule has 1 aromatic rings. The van der Waals surface area contributed by atoms with Crippen LogP contribution in [0.2, 0.25) is 0 Å². The molecule has 0 fully saturated rings. The van der Waals surface area contributed by atoms with Gasteiger partial charge in [-0.3, -0.25) is 5.10 Å². The number of H-pyrrole nitrogens is 1. The van der Waals surface area contributed by atoms with Crippen molar-refractivity contribution in [1.29, 1.82) is 0 Å². The Labute approximate surface area is 55.7 Å². The fraction of sp³-hybridized carbons (Fsp3) is 0.400. The van der Waals surface area contributed by atoms with E-state index >= 15 is 0 Å². The normalized spacial score (nSPS) is 10.8. The molecule has 56 valence electrons. The molecule has 5 heteroatoms. The van der Waals surface area contributed by atoms with Gasteiger partial charge in [-0.25, -0.2) is 8.78 Å². The summed E-state index contributed by atoms with van der Waals surface area (Å²) >= 11 is 0. The molecule has 1 heterocycles. The van der Waals surface area contributed by atoms with Crippen LogP contribution in [0.5, 0.6) is 0 Å². The number of hydrogen-bond acceptors (Lipinski definition) is 2. The number of halogens is 2. The maximum atomic E-state index is 11.8. The predicted octanol–water partition coefficient (Wildman–Crippen LogP) is 0.840. The molecule has 0 atom stereocenters. The van der Waals surface area contributed by atoms with Crippen LogP contribution in [-0.2, 0) is 6.61 Å². The van der Waals surface area contributed by atoms with E-state index in [0.717, 1.165) is 6.07 Å². The second-order valence-corrected chi connectivity index (χ2v) is 1.78. The lowest BCUT2D eigenvalue weighted by Gasteiger charge is -1.86. The number of nitrogens with one attached hydrogen (secondary N) is 1. The first-order chi connectivity index (χ1) is 4.74. The molecule has 0 unspecified atom stereocenters. The number of rotatable bonds is 2. The zero-order valence-electron chi connectivity index (χ0n) is 5.01. The lowest BCUT2D eigenvalue weighted by Crippen LogP contribution is -1.81. The smallest absolute Gasteiger partial charge is 0.282 e. The molecule has 1 aromatic heterocycles. The molecular formula is C5H6F2N2O. The van der Waals surface area contributed by atoms with Crippen molar-refractivity contribution in [2.45, 2.75) is 13.0 Å². The SMILES string of the molecule is OCc1cc(C(F)F)n[nH]1. The third-order valence-corrected chi connectivity index (χ3v) is 1.04. The molecule has 0 bridgehead atoms. The number of nitrogens with zero attached hydrogens (tertiary/aromatic N) is 1. The number of aromatic amines is 1. The van der Waals surface area contributed by atoms with E-state index < -0.39 is 6.43 Å². The van der Waals surface area contributed by atoms with Crippen molar-refractivity contribution in [2.24, 2.45) is 0 Å². The van der Waals surface area contributed by atoms with Crippen molar-refractivity contribution < 1.29 is 13.9 Å². The van der Waals surface area contributed by atoms with E-state index in [1.165, 1.54) is 0 Å². The van der Waals surface area contributed by atoms with Gasteiger partial charge < -0.3 is 5.11 Å². The summed E-state index contributed by atoms with van der Waals surface area (Å²) in [5.74, 6) is 0. The standard InChI is InChI=1S/C5H6F2N2O/c6-5(7)4-1-3(2-10)8-9-4/h1,5,10H,2H2,(H,8,9). The average Bonchev–Trinajstić information content (AvgIpc) is 2.34. The third-order valence-electron chi connectivity index (χ3n) is 1.04. The second kappa shape index (κ2) is 2.74. The third kappa shape index (κ3) is 1.30. The van der Waals surface area contributed by atoms with Crippen molar-refractivity contribution in [1.82, 2.24) is 10.2 Å². The van der Waals surface area contributed by atoms with Crippen molar-refractivity contribution in [3.63, 3.8) is 0 Å². The minimum absolute atomic E-state index is 0.292. The van der Waals surface area contributed by atoms with E-state index in [9.17, 15) is 8.78 Å². The first kappa shape index (κ1) is 7.14. The highest BCUT2D eigenvalue weighted by atomic mass is 19.3. The fourth-order valence-electron chi connectivity index (χ4n) is 0.572. The minimum Gasteiger partial charge on any atom is -0.390 e. The second-order valence-electron chi connectivity index (χ2n) is 1.78. The monoisotopic (exact) mass is 148 g/mol. The van der Waals surface area contributed by atoms with Crippen molar-refractivity contribution in [3.05, 3.63) is 17.5 Å². The van der Waals surface area contributed by atoms with Crippen molar-refractivity contribution in [3.8, 4) is 0 Å². The molecule has 0 aromatic carbocycles. The summed E-state index contributed by atoms with van der Waals surface area (Å²) in [6.45, 7) is -0.292. The average molecular weight is 148 g/mol. The summed E-state index contributed by atoms with van der Waals surface area (Å²) in [6, 6.07) is 1.13. The minimum atomic E-state index is -2.57. The van der Waals surface area contributed by atoms with Gasteiger partial charge in [-0.05, 0) is 6.07 Å². The zero-order chi connectivity index (χ0) is 7.56. The molecule has 0 saturated heterocycles. The number of aromatic nitrogens is 2. The zero-order valence-corrected chi connectivity index (χ0v) is 5.01. The van der Waals surface area contributed by atoms with Gasteiger partial charge >= 0.3 is 0 Å². The summed E-state index contributed by atoms with van der Waals surface area (Å²) in [5, 5.41) is 13.9. The lowest BCUT2D eigenvalue weighted by molar-refractivity contribution is 0.146. The van der Waals surface area contributed by atoms with Crippen LogP contribution in [0.25, 0.3) is 0 Å². The van der Waals surface area contributed by atoms with Crippen LogP contribution in [0.1, 0.15) is 17.8 Å². The van der Waals surface area contributed by atoms with Crippen LogP contribution >= 0.6 is 0 Å². The van der Waals surface area contributed by atoms with E-state index in [0.29, 0.717) is 5.69 Å². The molecule has 0 spiro atoms. The Morgan fingerprint density at radius 1 is 1.70 bits per heavy atom. The quantitative estimate of drug-likeness (QED) is 0.652. The van der Waals surface area contributed by atoms with E-state index in [-0.39, 0.29) is 12.3 Å². The maximum Gasteiger partial charge on any atom is 0.282 e. The highest BCUT2D eigenvalue weighted by Gasteiger charge is 2.10. The van der Waals surface area contributed by atoms with Crippen molar-refractivity contribution in [2.75, 3.05) is 0 Å². The van der Waals surface area contributed by atoms with Crippen LogP contribution in [-0.4, -0.2) is 15.3 Å². The molecule has 0 saturated carbocycles. The van der Waals surface area contributed by atoms with E-state index in [4.69, 9.17) is 5.11 Å². The summed E-state index contributed by atoms with van der Waals surface area (Å²) in [7, 11) is 0. The van der Waals surface area contributed by atoms with Crippen LogP contribution < -0.4 is 0 Å². The van der Waals surface area contributed by atoms with Gasteiger partial charge in [0.25, 0.3) is 6.43 Å². The largest absolute Gasteiger partial charge is 0.390 e. The van der Waals surface area contributed by atoms with E-state index in [1.54, 1.807) is 0 Å². The number of aliphatic hydroxyl groups excluding tert-OH is 1. The molecule has 0 radical (unpaired) electrons. The lowest BCUT2D eigenvalue weighted by atomic mass is 10.4. The van der Waals surface area contributed by atoms with Gasteiger partial charge in [0, 0.05) is 0 Å².